The highest BCUT2D eigenvalue weighted by molar-refractivity contribution is 9.11. The van der Waals surface area contributed by atoms with Crippen molar-refractivity contribution in [2.75, 3.05) is 0 Å². The van der Waals surface area contributed by atoms with Crippen molar-refractivity contribution in [1.82, 2.24) is 10.3 Å². The molecule has 0 aliphatic carbocycles. The first-order chi connectivity index (χ1) is 9.15. The van der Waals surface area contributed by atoms with Gasteiger partial charge in [0.1, 0.15) is 11.6 Å². The van der Waals surface area contributed by atoms with Gasteiger partial charge in [0.05, 0.1) is 16.0 Å². The summed E-state index contributed by atoms with van der Waals surface area (Å²) in [5, 5.41) is 3.52. The van der Waals surface area contributed by atoms with Crippen LogP contribution in [0.25, 0.3) is 0 Å². The van der Waals surface area contributed by atoms with Crippen molar-refractivity contribution in [3.63, 3.8) is 0 Å². The van der Waals surface area contributed by atoms with Gasteiger partial charge in [-0.05, 0) is 28.4 Å². The molecule has 6 heteroatoms. The summed E-state index contributed by atoms with van der Waals surface area (Å²) in [7, 11) is 0. The molecule has 1 aromatic heterocycles. The number of rotatable bonds is 4. The number of nitrogens with one attached hydrogen (secondary N) is 1. The molecule has 1 N–H and O–H groups in total. The van der Waals surface area contributed by atoms with Crippen LogP contribution in [0, 0.1) is 6.92 Å². The van der Waals surface area contributed by atoms with E-state index in [1.807, 2.05) is 37.3 Å². The summed E-state index contributed by atoms with van der Waals surface area (Å²) in [6, 6.07) is 9.56. The van der Waals surface area contributed by atoms with E-state index in [1.54, 1.807) is 0 Å². The lowest BCUT2D eigenvalue weighted by Crippen LogP contribution is -2.23. The van der Waals surface area contributed by atoms with E-state index in [1.165, 1.54) is 11.3 Å². The van der Waals surface area contributed by atoms with Crippen LogP contribution in [-0.2, 0) is 17.9 Å². The first-order valence-electron chi connectivity index (χ1n) is 5.71. The number of nitrogens with zero attached hydrogens (tertiary/aromatic N) is 1. The second kappa shape index (κ2) is 6.68. The predicted molar refractivity (Wildman–Crippen MR) is 78.0 cm³/mol. The average Bonchev–Trinajstić information content (AvgIpc) is 2.74. The van der Waals surface area contributed by atoms with Gasteiger partial charge in [0.25, 0.3) is 0 Å². The number of aryl methyl sites for hydroxylation is 1. The third kappa shape index (κ3) is 4.33. The minimum absolute atomic E-state index is 0.271. The summed E-state index contributed by atoms with van der Waals surface area (Å²) in [4.78, 5) is 15.8. The maximum Gasteiger partial charge on any atom is 0.407 e. The summed E-state index contributed by atoms with van der Waals surface area (Å²) in [6.07, 6.45) is -0.437. The van der Waals surface area contributed by atoms with E-state index >= 15 is 0 Å². The van der Waals surface area contributed by atoms with E-state index in [9.17, 15) is 4.79 Å². The molecule has 0 atom stereocenters. The van der Waals surface area contributed by atoms with Gasteiger partial charge in [-0.1, -0.05) is 30.3 Å². The third-order valence-corrected chi connectivity index (χ3v) is 4.39. The second-order valence-electron chi connectivity index (χ2n) is 3.88. The van der Waals surface area contributed by atoms with Crippen LogP contribution in [0.2, 0.25) is 0 Å². The molecule has 4 nitrogen and oxygen atoms in total. The highest BCUT2D eigenvalue weighted by atomic mass is 79.9. The standard InChI is InChI=1S/C13H13BrN2O2S/c1-9-12(14)19-11(16-9)7-15-13(17)18-8-10-5-3-2-4-6-10/h2-6H,7-8H2,1H3,(H,15,17). The van der Waals surface area contributed by atoms with Crippen LogP contribution >= 0.6 is 27.3 Å². The molecular formula is C13H13BrN2O2S. The number of hydrogen-bond donors (Lipinski definition) is 1. The van der Waals surface area contributed by atoms with Crippen molar-refractivity contribution in [2.45, 2.75) is 20.1 Å². The van der Waals surface area contributed by atoms with Crippen molar-refractivity contribution < 1.29 is 9.53 Å². The highest BCUT2D eigenvalue weighted by Crippen LogP contribution is 2.23. The van der Waals surface area contributed by atoms with Crippen LogP contribution in [-0.4, -0.2) is 11.1 Å². The molecule has 0 aliphatic rings. The minimum Gasteiger partial charge on any atom is -0.445 e. The van der Waals surface area contributed by atoms with E-state index in [2.05, 4.69) is 26.2 Å². The van der Waals surface area contributed by atoms with Gasteiger partial charge >= 0.3 is 6.09 Å². The number of carbonyl (C=O) groups is 1. The van der Waals surface area contributed by atoms with Crippen molar-refractivity contribution in [3.8, 4) is 0 Å². The molecule has 0 saturated carbocycles. The number of benzene rings is 1. The fourth-order valence-corrected chi connectivity index (χ4v) is 2.80. The summed E-state index contributed by atoms with van der Waals surface area (Å²) >= 11 is 4.90. The highest BCUT2D eigenvalue weighted by Gasteiger charge is 2.07. The number of thiazole rings is 1. The van der Waals surface area contributed by atoms with Gasteiger partial charge in [0, 0.05) is 0 Å². The SMILES string of the molecule is Cc1nc(CNC(=O)OCc2ccccc2)sc1Br. The zero-order valence-electron chi connectivity index (χ0n) is 10.4. The topological polar surface area (TPSA) is 51.2 Å². The Morgan fingerprint density at radius 2 is 2.16 bits per heavy atom. The van der Waals surface area contributed by atoms with E-state index in [-0.39, 0.29) is 6.61 Å². The van der Waals surface area contributed by atoms with Crippen LogP contribution in [0.4, 0.5) is 4.79 Å². The Hall–Kier alpha value is -1.40. The number of halogens is 1. The molecule has 0 fully saturated rings. The molecule has 1 aromatic carbocycles. The van der Waals surface area contributed by atoms with Crippen molar-refractivity contribution >= 4 is 33.4 Å². The van der Waals surface area contributed by atoms with Gasteiger partial charge < -0.3 is 10.1 Å². The normalized spacial score (nSPS) is 10.2. The molecule has 0 unspecified atom stereocenters. The number of hydrogen-bond acceptors (Lipinski definition) is 4. The van der Waals surface area contributed by atoms with Crippen molar-refractivity contribution in [2.24, 2.45) is 0 Å². The Bertz CT molecular complexity index is 538. The Morgan fingerprint density at radius 1 is 1.42 bits per heavy atom. The third-order valence-electron chi connectivity index (χ3n) is 2.38. The van der Waals surface area contributed by atoms with Gasteiger partial charge in [-0.25, -0.2) is 9.78 Å². The molecule has 0 bridgehead atoms. The molecule has 0 spiro atoms. The van der Waals surface area contributed by atoms with Gasteiger partial charge in [0.15, 0.2) is 0 Å². The van der Waals surface area contributed by atoms with Crippen LogP contribution < -0.4 is 5.32 Å². The van der Waals surface area contributed by atoms with Gasteiger partial charge in [0.2, 0.25) is 0 Å². The lowest BCUT2D eigenvalue weighted by molar-refractivity contribution is 0.139. The quantitative estimate of drug-likeness (QED) is 0.924. The van der Waals surface area contributed by atoms with Gasteiger partial charge in [-0.15, -0.1) is 11.3 Å². The molecule has 2 aromatic rings. The first-order valence-corrected chi connectivity index (χ1v) is 7.32. The first kappa shape index (κ1) is 14.0. The molecule has 19 heavy (non-hydrogen) atoms. The van der Waals surface area contributed by atoms with E-state index in [0.29, 0.717) is 6.54 Å². The lowest BCUT2D eigenvalue weighted by atomic mass is 10.2. The maximum atomic E-state index is 11.5. The van der Waals surface area contributed by atoms with Crippen LogP contribution in [0.3, 0.4) is 0 Å². The lowest BCUT2D eigenvalue weighted by Gasteiger charge is -2.05. The van der Waals surface area contributed by atoms with Gasteiger partial charge in [-0.2, -0.15) is 0 Å². The minimum atomic E-state index is -0.437. The molecule has 0 aliphatic heterocycles. The number of amides is 1. The zero-order valence-corrected chi connectivity index (χ0v) is 12.8. The Labute approximate surface area is 124 Å². The molecule has 1 amide bonds. The largest absolute Gasteiger partial charge is 0.445 e. The molecule has 100 valence electrons. The van der Waals surface area contributed by atoms with E-state index < -0.39 is 6.09 Å². The maximum absolute atomic E-state index is 11.5. The average molecular weight is 341 g/mol. The smallest absolute Gasteiger partial charge is 0.407 e. The molecule has 2 rings (SSSR count). The van der Waals surface area contributed by atoms with Crippen LogP contribution in [0.1, 0.15) is 16.3 Å². The Kier molecular flexibility index (Phi) is 4.93. The zero-order chi connectivity index (χ0) is 13.7. The summed E-state index contributed by atoms with van der Waals surface area (Å²) in [6.45, 7) is 2.57. The van der Waals surface area contributed by atoms with Crippen LogP contribution in [0.5, 0.6) is 0 Å². The number of aromatic nitrogens is 1. The fourth-order valence-electron chi connectivity index (χ4n) is 1.43. The second-order valence-corrected chi connectivity index (χ2v) is 6.28. The summed E-state index contributed by atoms with van der Waals surface area (Å²) in [5.74, 6) is 0. The van der Waals surface area contributed by atoms with Crippen molar-refractivity contribution in [3.05, 3.63) is 50.4 Å². The fraction of sp³-hybridized carbons (Fsp3) is 0.231. The Morgan fingerprint density at radius 3 is 2.79 bits per heavy atom. The number of alkyl carbamates (subject to hydrolysis) is 1. The molecule has 0 radical (unpaired) electrons. The predicted octanol–water partition coefficient (Wildman–Crippen LogP) is 3.64. The summed E-state index contributed by atoms with van der Waals surface area (Å²) in [5.41, 5.74) is 1.89. The van der Waals surface area contributed by atoms with E-state index in [4.69, 9.17) is 4.74 Å². The summed E-state index contributed by atoms with van der Waals surface area (Å²) < 4.78 is 6.09. The molecular weight excluding hydrogens is 328 g/mol. The Balaban J connectivity index is 1.76. The van der Waals surface area contributed by atoms with Gasteiger partial charge in [-0.3, -0.25) is 0 Å². The van der Waals surface area contributed by atoms with Crippen molar-refractivity contribution in [1.29, 1.82) is 0 Å². The molecule has 0 saturated heterocycles. The van der Waals surface area contributed by atoms with Crippen LogP contribution in [0.15, 0.2) is 34.1 Å². The number of carbonyl (C=O) groups excluding carboxylic acids is 1. The monoisotopic (exact) mass is 340 g/mol. The van der Waals surface area contributed by atoms with E-state index in [0.717, 1.165) is 20.1 Å². The molecule has 1 heterocycles. The number of ether oxygens (including phenoxy) is 1.